The maximum Gasteiger partial charge on any atom is 0.232 e. The lowest BCUT2D eigenvalue weighted by molar-refractivity contribution is -0.116. The van der Waals surface area contributed by atoms with Crippen LogP contribution in [0.5, 0.6) is 0 Å². The van der Waals surface area contributed by atoms with Gasteiger partial charge < -0.3 is 5.32 Å². The molecule has 0 radical (unpaired) electrons. The van der Waals surface area contributed by atoms with E-state index in [1.165, 1.54) is 4.31 Å². The number of aryl methyl sites for hydroxylation is 3. The Morgan fingerprint density at radius 2 is 1.69 bits per heavy atom. The molecule has 0 bridgehead atoms. The van der Waals surface area contributed by atoms with Crippen molar-refractivity contribution in [3.63, 3.8) is 0 Å². The van der Waals surface area contributed by atoms with Gasteiger partial charge in [0, 0.05) is 23.7 Å². The molecule has 0 fully saturated rings. The average molecular weight is 395 g/mol. The topological polar surface area (TPSA) is 66.5 Å². The first-order valence-electron chi connectivity index (χ1n) is 8.18. The fourth-order valence-electron chi connectivity index (χ4n) is 2.84. The molecule has 2 aromatic carbocycles. The lowest BCUT2D eigenvalue weighted by atomic mass is 10.1. The van der Waals surface area contributed by atoms with E-state index >= 15 is 0 Å². The van der Waals surface area contributed by atoms with Crippen LogP contribution in [-0.2, 0) is 14.8 Å². The van der Waals surface area contributed by atoms with Crippen molar-refractivity contribution < 1.29 is 13.2 Å². The van der Waals surface area contributed by atoms with Crippen molar-refractivity contribution in [2.75, 3.05) is 22.4 Å². The third kappa shape index (κ3) is 5.47. The number of amides is 1. The zero-order chi connectivity index (χ0) is 19.5. The van der Waals surface area contributed by atoms with E-state index in [9.17, 15) is 13.2 Å². The van der Waals surface area contributed by atoms with Crippen LogP contribution in [0.3, 0.4) is 0 Å². The number of nitrogens with zero attached hydrogens (tertiary/aromatic N) is 1. The predicted molar refractivity (Wildman–Crippen MR) is 108 cm³/mol. The zero-order valence-corrected chi connectivity index (χ0v) is 16.9. The van der Waals surface area contributed by atoms with Crippen molar-refractivity contribution in [2.45, 2.75) is 27.2 Å². The number of carbonyl (C=O) groups excluding carboxylic acids is 1. The Morgan fingerprint density at radius 1 is 1.08 bits per heavy atom. The van der Waals surface area contributed by atoms with Gasteiger partial charge in [0.25, 0.3) is 0 Å². The number of carbonyl (C=O) groups is 1. The highest BCUT2D eigenvalue weighted by Crippen LogP contribution is 2.26. The van der Waals surface area contributed by atoms with Gasteiger partial charge in [-0.25, -0.2) is 8.42 Å². The predicted octanol–water partition coefficient (Wildman–Crippen LogP) is 4.06. The van der Waals surface area contributed by atoms with E-state index in [1.54, 1.807) is 25.1 Å². The molecule has 26 heavy (non-hydrogen) atoms. The Kier molecular flexibility index (Phi) is 6.31. The van der Waals surface area contributed by atoms with Crippen LogP contribution < -0.4 is 9.62 Å². The van der Waals surface area contributed by atoms with Gasteiger partial charge in [-0.1, -0.05) is 17.7 Å². The number of benzene rings is 2. The van der Waals surface area contributed by atoms with E-state index in [4.69, 9.17) is 11.6 Å². The van der Waals surface area contributed by atoms with Crippen molar-refractivity contribution in [1.82, 2.24) is 0 Å². The van der Waals surface area contributed by atoms with Gasteiger partial charge >= 0.3 is 0 Å². The van der Waals surface area contributed by atoms with Crippen LogP contribution in [0, 0.1) is 20.8 Å². The molecule has 0 heterocycles. The second kappa shape index (κ2) is 8.10. The fraction of sp³-hybridized carbons (Fsp3) is 0.316. The molecule has 140 valence electrons. The Balaban J connectivity index is 2.13. The van der Waals surface area contributed by atoms with Gasteiger partial charge in [-0.15, -0.1) is 0 Å². The monoisotopic (exact) mass is 394 g/mol. The summed E-state index contributed by atoms with van der Waals surface area (Å²) in [7, 11) is -3.53. The van der Waals surface area contributed by atoms with E-state index in [2.05, 4.69) is 5.32 Å². The number of nitrogens with one attached hydrogen (secondary N) is 1. The molecule has 0 saturated carbocycles. The maximum atomic E-state index is 12.3. The molecule has 1 amide bonds. The second-order valence-electron chi connectivity index (χ2n) is 6.44. The van der Waals surface area contributed by atoms with Crippen LogP contribution in [-0.4, -0.2) is 27.1 Å². The van der Waals surface area contributed by atoms with Crippen LogP contribution in [0.4, 0.5) is 11.4 Å². The molecule has 5 nitrogen and oxygen atoms in total. The largest absolute Gasteiger partial charge is 0.326 e. The Hall–Kier alpha value is -2.05. The summed E-state index contributed by atoms with van der Waals surface area (Å²) in [5, 5.41) is 3.36. The van der Waals surface area contributed by atoms with Gasteiger partial charge in [-0.3, -0.25) is 9.10 Å². The highest BCUT2D eigenvalue weighted by Gasteiger charge is 2.20. The minimum atomic E-state index is -3.53. The first-order chi connectivity index (χ1) is 12.1. The molecule has 0 aliphatic carbocycles. The molecular formula is C19H23ClN2O3S. The second-order valence-corrected chi connectivity index (χ2v) is 8.78. The van der Waals surface area contributed by atoms with E-state index in [0.29, 0.717) is 16.4 Å². The highest BCUT2D eigenvalue weighted by atomic mass is 35.5. The molecule has 0 atom stereocenters. The van der Waals surface area contributed by atoms with Crippen molar-refractivity contribution >= 4 is 38.9 Å². The normalized spacial score (nSPS) is 11.3. The fourth-order valence-corrected chi connectivity index (χ4v) is 4.05. The van der Waals surface area contributed by atoms with Crippen molar-refractivity contribution in [3.05, 3.63) is 58.1 Å². The van der Waals surface area contributed by atoms with Crippen molar-refractivity contribution in [2.24, 2.45) is 0 Å². The van der Waals surface area contributed by atoms with Gasteiger partial charge in [-0.2, -0.15) is 0 Å². The summed E-state index contributed by atoms with van der Waals surface area (Å²) >= 11 is 5.95. The Morgan fingerprint density at radius 3 is 2.23 bits per heavy atom. The molecule has 0 aromatic heterocycles. The molecule has 0 spiro atoms. The van der Waals surface area contributed by atoms with Crippen LogP contribution in [0.1, 0.15) is 23.1 Å². The smallest absolute Gasteiger partial charge is 0.232 e. The van der Waals surface area contributed by atoms with Crippen LogP contribution >= 0.6 is 11.6 Å². The van der Waals surface area contributed by atoms with E-state index in [-0.39, 0.29) is 18.9 Å². The Labute approximate surface area is 160 Å². The molecule has 0 unspecified atom stereocenters. The number of halogens is 1. The van der Waals surface area contributed by atoms with E-state index in [1.807, 2.05) is 32.0 Å². The average Bonchev–Trinajstić information content (AvgIpc) is 2.46. The summed E-state index contributed by atoms with van der Waals surface area (Å²) in [6.45, 7) is 5.75. The summed E-state index contributed by atoms with van der Waals surface area (Å²) in [6.07, 6.45) is 1.17. The molecule has 0 aliphatic heterocycles. The highest BCUT2D eigenvalue weighted by molar-refractivity contribution is 7.92. The van der Waals surface area contributed by atoms with Gasteiger partial charge in [-0.05, 0) is 67.8 Å². The Bertz CT molecular complexity index is 906. The maximum absolute atomic E-state index is 12.3. The van der Waals surface area contributed by atoms with Crippen LogP contribution in [0.25, 0.3) is 0 Å². The molecule has 2 rings (SSSR count). The number of anilines is 2. The first kappa shape index (κ1) is 20.3. The van der Waals surface area contributed by atoms with E-state index in [0.717, 1.165) is 22.9 Å². The molecule has 2 aromatic rings. The lowest BCUT2D eigenvalue weighted by Gasteiger charge is -2.24. The zero-order valence-electron chi connectivity index (χ0n) is 15.3. The third-order valence-corrected chi connectivity index (χ3v) is 5.29. The van der Waals surface area contributed by atoms with Gasteiger partial charge in [0.2, 0.25) is 15.9 Å². The van der Waals surface area contributed by atoms with Crippen LogP contribution in [0.15, 0.2) is 36.4 Å². The van der Waals surface area contributed by atoms with Crippen LogP contribution in [0.2, 0.25) is 5.02 Å². The third-order valence-electron chi connectivity index (χ3n) is 3.88. The summed E-state index contributed by atoms with van der Waals surface area (Å²) in [4.78, 5) is 12.3. The number of hydrogen-bond acceptors (Lipinski definition) is 3. The molecule has 0 saturated heterocycles. The molecule has 0 aliphatic rings. The SMILES string of the molecule is Cc1cc(C)cc(NC(=O)CCN(c2ccc(Cl)cc2C)S(C)(=O)=O)c1. The molecular weight excluding hydrogens is 372 g/mol. The van der Waals surface area contributed by atoms with E-state index < -0.39 is 10.0 Å². The summed E-state index contributed by atoms with van der Waals surface area (Å²) in [5.74, 6) is -0.240. The van der Waals surface area contributed by atoms with Crippen molar-refractivity contribution in [3.8, 4) is 0 Å². The number of rotatable bonds is 6. The molecule has 1 N–H and O–H groups in total. The minimum Gasteiger partial charge on any atom is -0.326 e. The first-order valence-corrected chi connectivity index (χ1v) is 10.4. The summed E-state index contributed by atoms with van der Waals surface area (Å²) in [5.41, 5.74) is 4.07. The van der Waals surface area contributed by atoms with Gasteiger partial charge in [0.15, 0.2) is 0 Å². The standard InChI is InChI=1S/C19H23ClN2O3S/c1-13-9-14(2)11-17(10-13)21-19(23)7-8-22(26(4,24)25)18-6-5-16(20)12-15(18)3/h5-6,9-12H,7-8H2,1-4H3,(H,21,23). The lowest BCUT2D eigenvalue weighted by Crippen LogP contribution is -2.33. The number of hydrogen-bond donors (Lipinski definition) is 1. The molecule has 7 heteroatoms. The minimum absolute atomic E-state index is 0.0438. The quantitative estimate of drug-likeness (QED) is 0.803. The summed E-state index contributed by atoms with van der Waals surface area (Å²) in [6, 6.07) is 10.8. The number of sulfonamides is 1. The van der Waals surface area contributed by atoms with Gasteiger partial charge in [0.1, 0.15) is 0 Å². The van der Waals surface area contributed by atoms with Gasteiger partial charge in [0.05, 0.1) is 11.9 Å². The van der Waals surface area contributed by atoms with Crippen molar-refractivity contribution in [1.29, 1.82) is 0 Å². The summed E-state index contributed by atoms with van der Waals surface area (Å²) < 4.78 is 25.6.